The molecule has 0 spiro atoms. The minimum Gasteiger partial charge on any atom is -0.377 e. The maximum absolute atomic E-state index is 5.96. The number of ether oxygens (including phenoxy) is 1. The number of rotatable bonds is 6. The molecule has 120 valence electrons. The summed E-state index contributed by atoms with van der Waals surface area (Å²) in [5.41, 5.74) is 4.55. The second kappa shape index (κ2) is 6.46. The first-order valence-electron chi connectivity index (χ1n) is 7.90. The van der Waals surface area contributed by atoms with Crippen molar-refractivity contribution in [1.82, 2.24) is 15.2 Å². The van der Waals surface area contributed by atoms with Gasteiger partial charge < -0.3 is 4.74 Å². The topological polar surface area (TPSA) is 65.1 Å². The van der Waals surface area contributed by atoms with E-state index >= 15 is 0 Å². The van der Waals surface area contributed by atoms with E-state index in [2.05, 4.69) is 30.6 Å². The molecule has 3 N–H and O–H groups in total. The molecule has 1 aromatic rings. The van der Waals surface area contributed by atoms with Gasteiger partial charge in [-0.3, -0.25) is 16.0 Å². The first kappa shape index (κ1) is 16.5. The Morgan fingerprint density at radius 2 is 2.05 bits per heavy atom. The van der Waals surface area contributed by atoms with Crippen molar-refractivity contribution < 1.29 is 4.74 Å². The van der Waals surface area contributed by atoms with Crippen molar-refractivity contribution in [2.75, 3.05) is 7.11 Å². The van der Waals surface area contributed by atoms with Gasteiger partial charge >= 0.3 is 0 Å². The summed E-state index contributed by atoms with van der Waals surface area (Å²) in [7, 11) is 3.77. The largest absolute Gasteiger partial charge is 0.377 e. The van der Waals surface area contributed by atoms with Gasteiger partial charge in [0.1, 0.15) is 0 Å². The van der Waals surface area contributed by atoms with E-state index in [1.165, 1.54) is 18.4 Å². The lowest BCUT2D eigenvalue weighted by atomic mass is 9.68. The molecule has 2 rings (SSSR count). The maximum atomic E-state index is 5.96. The Balaban J connectivity index is 2.00. The molecular formula is C16H30N4O. The Morgan fingerprint density at radius 1 is 1.38 bits per heavy atom. The summed E-state index contributed by atoms with van der Waals surface area (Å²) in [5.74, 6) is 5.85. The van der Waals surface area contributed by atoms with E-state index in [1.54, 1.807) is 0 Å². The zero-order chi connectivity index (χ0) is 15.5. The lowest BCUT2D eigenvalue weighted by molar-refractivity contribution is -0.0878. The predicted octanol–water partition coefficient (Wildman–Crippen LogP) is 2.17. The van der Waals surface area contributed by atoms with Crippen LogP contribution in [-0.4, -0.2) is 28.5 Å². The Bertz CT molecular complexity index is 445. The molecule has 5 heteroatoms. The molecule has 0 amide bonds. The molecule has 5 nitrogen and oxygen atoms in total. The fourth-order valence-corrected chi connectivity index (χ4v) is 3.46. The molecule has 0 saturated heterocycles. The average molecular weight is 294 g/mol. The minimum atomic E-state index is -0.132. The third-order valence-corrected chi connectivity index (χ3v) is 5.17. The van der Waals surface area contributed by atoms with Crippen LogP contribution in [0.25, 0.3) is 0 Å². The lowest BCUT2D eigenvalue weighted by Crippen LogP contribution is -2.56. The van der Waals surface area contributed by atoms with Crippen LogP contribution in [0, 0.1) is 5.41 Å². The van der Waals surface area contributed by atoms with Gasteiger partial charge in [0, 0.05) is 20.4 Å². The minimum absolute atomic E-state index is 0.132. The molecule has 1 aromatic heterocycles. The van der Waals surface area contributed by atoms with Crippen LogP contribution < -0.4 is 11.3 Å². The second-order valence-electron chi connectivity index (χ2n) is 7.21. The average Bonchev–Trinajstić information content (AvgIpc) is 2.87. The second-order valence-corrected chi connectivity index (χ2v) is 7.21. The monoisotopic (exact) mass is 294 g/mol. The molecule has 1 saturated carbocycles. The zero-order valence-corrected chi connectivity index (χ0v) is 13.9. The van der Waals surface area contributed by atoms with Crippen molar-refractivity contribution in [2.45, 2.75) is 64.0 Å². The van der Waals surface area contributed by atoms with E-state index in [-0.39, 0.29) is 11.6 Å². The summed E-state index contributed by atoms with van der Waals surface area (Å²) in [6.07, 6.45) is 10.4. The van der Waals surface area contributed by atoms with Crippen LogP contribution in [0.2, 0.25) is 0 Å². The summed E-state index contributed by atoms with van der Waals surface area (Å²) >= 11 is 0. The van der Waals surface area contributed by atoms with Crippen LogP contribution in [0.4, 0.5) is 0 Å². The molecule has 21 heavy (non-hydrogen) atoms. The lowest BCUT2D eigenvalue weighted by Gasteiger charge is -2.46. The molecule has 1 aliphatic rings. The normalized spacial score (nSPS) is 22.1. The van der Waals surface area contributed by atoms with Crippen molar-refractivity contribution in [3.63, 3.8) is 0 Å². The third-order valence-electron chi connectivity index (χ3n) is 5.17. The van der Waals surface area contributed by atoms with Gasteiger partial charge in [0.2, 0.25) is 0 Å². The van der Waals surface area contributed by atoms with Gasteiger partial charge in [-0.15, -0.1) is 0 Å². The highest BCUT2D eigenvalue weighted by Crippen LogP contribution is 2.43. The number of aryl methyl sites for hydroxylation is 2. The fraction of sp³-hybridized carbons (Fsp3) is 0.812. The van der Waals surface area contributed by atoms with E-state index < -0.39 is 0 Å². The molecule has 1 heterocycles. The van der Waals surface area contributed by atoms with E-state index in [1.807, 2.05) is 25.0 Å². The van der Waals surface area contributed by atoms with Crippen molar-refractivity contribution in [2.24, 2.45) is 18.3 Å². The third kappa shape index (κ3) is 3.84. The molecule has 1 fully saturated rings. The van der Waals surface area contributed by atoms with Crippen molar-refractivity contribution >= 4 is 0 Å². The quantitative estimate of drug-likeness (QED) is 0.623. The Labute approximate surface area is 128 Å². The van der Waals surface area contributed by atoms with Crippen LogP contribution >= 0.6 is 0 Å². The van der Waals surface area contributed by atoms with Crippen molar-refractivity contribution in [3.05, 3.63) is 18.0 Å². The van der Waals surface area contributed by atoms with Crippen LogP contribution in [0.1, 0.15) is 51.5 Å². The number of nitrogens with two attached hydrogens (primary N) is 1. The number of hydrogen-bond donors (Lipinski definition) is 2. The molecule has 1 atom stereocenters. The molecule has 0 aromatic carbocycles. The Kier molecular flexibility index (Phi) is 5.07. The first-order chi connectivity index (χ1) is 9.91. The zero-order valence-electron chi connectivity index (χ0n) is 13.9. The van der Waals surface area contributed by atoms with Crippen LogP contribution in [0.15, 0.2) is 12.4 Å². The highest BCUT2D eigenvalue weighted by molar-refractivity contribution is 5.06. The summed E-state index contributed by atoms with van der Waals surface area (Å²) in [5, 5.41) is 4.22. The van der Waals surface area contributed by atoms with E-state index in [4.69, 9.17) is 10.6 Å². The molecule has 0 radical (unpaired) electrons. The van der Waals surface area contributed by atoms with Gasteiger partial charge in [-0.1, -0.05) is 13.8 Å². The first-order valence-corrected chi connectivity index (χ1v) is 7.90. The number of nitrogens with zero attached hydrogens (tertiary/aromatic N) is 2. The molecule has 0 bridgehead atoms. The van der Waals surface area contributed by atoms with Gasteiger partial charge in [0.25, 0.3) is 0 Å². The summed E-state index contributed by atoms with van der Waals surface area (Å²) < 4.78 is 7.80. The SMILES string of the molecule is COC1(C(CCc2cnn(C)c2)NN)CCC(C)(C)CC1. The summed E-state index contributed by atoms with van der Waals surface area (Å²) in [4.78, 5) is 0. The van der Waals surface area contributed by atoms with Gasteiger partial charge in [0.05, 0.1) is 17.8 Å². The summed E-state index contributed by atoms with van der Waals surface area (Å²) in [6, 6.07) is 0.179. The van der Waals surface area contributed by atoms with Crippen LogP contribution in [-0.2, 0) is 18.2 Å². The van der Waals surface area contributed by atoms with Gasteiger partial charge in [-0.05, 0) is 49.5 Å². The molecule has 1 aliphatic carbocycles. The van der Waals surface area contributed by atoms with Gasteiger partial charge in [-0.25, -0.2) is 0 Å². The molecule has 0 aliphatic heterocycles. The molecular weight excluding hydrogens is 264 g/mol. The number of hydrogen-bond acceptors (Lipinski definition) is 4. The van der Waals surface area contributed by atoms with E-state index in [0.717, 1.165) is 25.7 Å². The maximum Gasteiger partial charge on any atom is 0.0844 e. The number of methoxy groups -OCH3 is 1. The highest BCUT2D eigenvalue weighted by Gasteiger charge is 2.43. The Morgan fingerprint density at radius 3 is 2.52 bits per heavy atom. The van der Waals surface area contributed by atoms with Crippen molar-refractivity contribution in [3.8, 4) is 0 Å². The van der Waals surface area contributed by atoms with Gasteiger partial charge in [0.15, 0.2) is 0 Å². The smallest absolute Gasteiger partial charge is 0.0844 e. The van der Waals surface area contributed by atoms with Crippen molar-refractivity contribution in [1.29, 1.82) is 0 Å². The van der Waals surface area contributed by atoms with Crippen LogP contribution in [0.5, 0.6) is 0 Å². The Hall–Kier alpha value is -0.910. The van der Waals surface area contributed by atoms with Gasteiger partial charge in [-0.2, -0.15) is 5.10 Å². The predicted molar refractivity (Wildman–Crippen MR) is 84.6 cm³/mol. The molecule has 1 unspecified atom stereocenters. The standard InChI is InChI=1S/C16H30N4O/c1-15(2)7-9-16(21-4,10-8-15)14(19-17)6-5-13-11-18-20(3)12-13/h11-12,14,19H,5-10,17H2,1-4H3. The van der Waals surface area contributed by atoms with E-state index in [0.29, 0.717) is 5.41 Å². The van der Waals surface area contributed by atoms with E-state index in [9.17, 15) is 0 Å². The highest BCUT2D eigenvalue weighted by atomic mass is 16.5. The number of aromatic nitrogens is 2. The number of hydrazine groups is 1. The van der Waals surface area contributed by atoms with Crippen LogP contribution in [0.3, 0.4) is 0 Å². The summed E-state index contributed by atoms with van der Waals surface area (Å²) in [6.45, 7) is 4.68. The fourth-order valence-electron chi connectivity index (χ4n) is 3.46. The number of nitrogens with one attached hydrogen (secondary N) is 1.